The Balaban J connectivity index is 2.48. The Morgan fingerprint density at radius 2 is 2.60 bits per heavy atom. The quantitative estimate of drug-likeness (QED) is 0.335. The highest BCUT2D eigenvalue weighted by Crippen LogP contribution is 1.54. The van der Waals surface area contributed by atoms with Crippen LogP contribution in [0.3, 0.4) is 0 Å². The first-order valence-electron chi connectivity index (χ1n) is 1.10. The summed E-state index contributed by atoms with van der Waals surface area (Å²) in [6.07, 6.45) is 6.27. The van der Waals surface area contributed by atoms with Crippen LogP contribution in [0.2, 0.25) is 0 Å². The van der Waals surface area contributed by atoms with Crippen molar-refractivity contribution >= 4 is 0 Å². The Morgan fingerprint density at radius 3 is 2.60 bits per heavy atom. The van der Waals surface area contributed by atoms with Gasteiger partial charge in [0.1, 0.15) is 6.11 Å². The zero-order valence-electron chi connectivity index (χ0n) is 2.64. The van der Waals surface area contributed by atoms with Gasteiger partial charge in [0.25, 0.3) is 0 Å². The largest absolute Gasteiger partial charge is 0.418 e. The van der Waals surface area contributed by atoms with Crippen molar-refractivity contribution in [3.8, 4) is 12.5 Å². The molecule has 2 nitrogen and oxygen atoms in total. The summed E-state index contributed by atoms with van der Waals surface area (Å²) in [6.45, 7) is -0.392. The summed E-state index contributed by atoms with van der Waals surface area (Å²) >= 11 is 0. The summed E-state index contributed by atoms with van der Waals surface area (Å²) in [5.74, 6) is 0. The molecule has 0 aromatic heterocycles. The molecule has 0 aliphatic carbocycles. The monoisotopic (exact) mass is 72.0 g/mol. The topological polar surface area (TPSA) is 29.5 Å². The molecule has 0 aromatic rings. The zero-order chi connectivity index (χ0) is 4.12. The molecule has 0 saturated heterocycles. The second-order valence-electron chi connectivity index (χ2n) is 0.391. The van der Waals surface area contributed by atoms with Crippen LogP contribution in [-0.2, 0) is 4.74 Å². The van der Waals surface area contributed by atoms with E-state index in [1.54, 1.807) is 6.11 Å². The Labute approximate surface area is 30.4 Å². The van der Waals surface area contributed by atoms with E-state index >= 15 is 0 Å². The van der Waals surface area contributed by atoms with Crippen molar-refractivity contribution < 1.29 is 9.84 Å². The van der Waals surface area contributed by atoms with Gasteiger partial charge in [-0.3, -0.25) is 0 Å². The lowest BCUT2D eigenvalue weighted by Crippen LogP contribution is -1.79. The van der Waals surface area contributed by atoms with E-state index in [1.165, 1.54) is 0 Å². The minimum atomic E-state index is -0.392. The maximum atomic E-state index is 7.70. The summed E-state index contributed by atoms with van der Waals surface area (Å²) in [4.78, 5) is 0. The van der Waals surface area contributed by atoms with Gasteiger partial charge in [-0.15, -0.1) is 0 Å². The van der Waals surface area contributed by atoms with Crippen molar-refractivity contribution in [2.45, 2.75) is 0 Å². The Morgan fingerprint density at radius 1 is 2.00 bits per heavy atom. The number of ether oxygens (including phenoxy) is 1. The lowest BCUT2D eigenvalue weighted by Gasteiger charge is -1.79. The number of aliphatic hydroxyl groups is 1. The molecule has 2 heteroatoms. The zero-order valence-corrected chi connectivity index (χ0v) is 2.64. The predicted octanol–water partition coefficient (Wildman–Crippen LogP) is -0.456. The number of aliphatic hydroxyl groups excluding tert-OH is 1. The van der Waals surface area contributed by atoms with Crippen LogP contribution in [0.1, 0.15) is 0 Å². The van der Waals surface area contributed by atoms with Gasteiger partial charge in [0.15, 0.2) is 6.79 Å². The average molecular weight is 72.1 g/mol. The van der Waals surface area contributed by atoms with Gasteiger partial charge < -0.3 is 9.84 Å². The first kappa shape index (κ1) is 4.32. The molecule has 5 heavy (non-hydrogen) atoms. The SMILES string of the molecule is C#COCO. The van der Waals surface area contributed by atoms with E-state index in [2.05, 4.69) is 11.2 Å². The van der Waals surface area contributed by atoms with E-state index < -0.39 is 6.79 Å². The van der Waals surface area contributed by atoms with E-state index in [9.17, 15) is 0 Å². The van der Waals surface area contributed by atoms with Crippen LogP contribution in [0.15, 0.2) is 0 Å². The molecule has 0 unspecified atom stereocenters. The lowest BCUT2D eigenvalue weighted by atomic mass is 11.2. The van der Waals surface area contributed by atoms with Crippen LogP contribution < -0.4 is 0 Å². The standard InChI is InChI=1S/C3H4O2/c1-2-5-3-4/h1,4H,3H2. The predicted molar refractivity (Wildman–Crippen MR) is 17.0 cm³/mol. The summed E-state index contributed by atoms with van der Waals surface area (Å²) in [6, 6.07) is 0. The minimum absolute atomic E-state index is 0.392. The molecule has 0 spiro atoms. The molecule has 0 aliphatic rings. The van der Waals surface area contributed by atoms with Crippen molar-refractivity contribution in [3.05, 3.63) is 0 Å². The summed E-state index contributed by atoms with van der Waals surface area (Å²) in [5, 5.41) is 7.70. The number of rotatable bonds is 1. The third-order valence-electron chi connectivity index (χ3n) is 0.148. The molecule has 28 valence electrons. The van der Waals surface area contributed by atoms with Crippen LogP contribution in [0.4, 0.5) is 0 Å². The van der Waals surface area contributed by atoms with Gasteiger partial charge >= 0.3 is 0 Å². The molecular weight excluding hydrogens is 68.0 g/mol. The number of hydrogen-bond donors (Lipinski definition) is 1. The van der Waals surface area contributed by atoms with E-state index in [-0.39, 0.29) is 0 Å². The van der Waals surface area contributed by atoms with Crippen LogP contribution in [-0.4, -0.2) is 11.9 Å². The molecule has 0 bridgehead atoms. The van der Waals surface area contributed by atoms with Crippen LogP contribution >= 0.6 is 0 Å². The average Bonchev–Trinajstić information content (AvgIpc) is 1.41. The molecule has 0 aliphatic heterocycles. The highest BCUT2D eigenvalue weighted by molar-refractivity contribution is 4.66. The summed E-state index contributed by atoms with van der Waals surface area (Å²) < 4.78 is 3.92. The molecule has 0 saturated carbocycles. The van der Waals surface area contributed by atoms with E-state index in [0.717, 1.165) is 0 Å². The van der Waals surface area contributed by atoms with Gasteiger partial charge in [-0.25, -0.2) is 0 Å². The van der Waals surface area contributed by atoms with E-state index in [0.29, 0.717) is 0 Å². The number of terminal acetylenes is 1. The van der Waals surface area contributed by atoms with Gasteiger partial charge in [-0.1, -0.05) is 6.42 Å². The Hall–Kier alpha value is -0.680. The number of hydrogen-bond acceptors (Lipinski definition) is 2. The fourth-order valence-corrected chi connectivity index (χ4v) is 0.0373. The van der Waals surface area contributed by atoms with Crippen molar-refractivity contribution in [1.82, 2.24) is 0 Å². The molecule has 0 fully saturated rings. The summed E-state index contributed by atoms with van der Waals surface area (Å²) in [7, 11) is 0. The van der Waals surface area contributed by atoms with Gasteiger partial charge in [0.2, 0.25) is 0 Å². The van der Waals surface area contributed by atoms with Gasteiger partial charge in [0.05, 0.1) is 0 Å². The maximum absolute atomic E-state index is 7.70. The summed E-state index contributed by atoms with van der Waals surface area (Å²) in [5.41, 5.74) is 0. The van der Waals surface area contributed by atoms with Gasteiger partial charge in [0, 0.05) is 0 Å². The van der Waals surface area contributed by atoms with Crippen LogP contribution in [0.25, 0.3) is 0 Å². The van der Waals surface area contributed by atoms with Crippen molar-refractivity contribution in [2.24, 2.45) is 0 Å². The van der Waals surface area contributed by atoms with E-state index in [4.69, 9.17) is 5.11 Å². The molecule has 0 heterocycles. The molecule has 0 radical (unpaired) electrons. The maximum Gasteiger partial charge on any atom is 0.197 e. The molecule has 0 atom stereocenters. The highest BCUT2D eigenvalue weighted by Gasteiger charge is 1.56. The normalized spacial score (nSPS) is 5.60. The fourth-order valence-electron chi connectivity index (χ4n) is 0.0373. The minimum Gasteiger partial charge on any atom is -0.418 e. The molecule has 1 N–H and O–H groups in total. The third kappa shape index (κ3) is 3.32. The third-order valence-corrected chi connectivity index (χ3v) is 0.148. The van der Waals surface area contributed by atoms with Gasteiger partial charge in [-0.2, -0.15) is 0 Å². The van der Waals surface area contributed by atoms with Crippen LogP contribution in [0.5, 0.6) is 0 Å². The second-order valence-corrected chi connectivity index (χ2v) is 0.391. The second kappa shape index (κ2) is 3.32. The van der Waals surface area contributed by atoms with Crippen LogP contribution in [0, 0.1) is 12.5 Å². The highest BCUT2D eigenvalue weighted by atomic mass is 16.6. The van der Waals surface area contributed by atoms with E-state index in [1.807, 2.05) is 0 Å². The molecule has 0 rings (SSSR count). The smallest absolute Gasteiger partial charge is 0.197 e. The van der Waals surface area contributed by atoms with Crippen molar-refractivity contribution in [3.63, 3.8) is 0 Å². The molecule has 0 amide bonds. The van der Waals surface area contributed by atoms with Crippen molar-refractivity contribution in [2.75, 3.05) is 6.79 Å². The van der Waals surface area contributed by atoms with Gasteiger partial charge in [-0.05, 0) is 0 Å². The van der Waals surface area contributed by atoms with Crippen molar-refractivity contribution in [1.29, 1.82) is 0 Å². The molecular formula is C3H4O2. The first-order chi connectivity index (χ1) is 2.41. The Kier molecular flexibility index (Phi) is 2.87. The lowest BCUT2D eigenvalue weighted by molar-refractivity contribution is 0.0745. The fraction of sp³-hybridized carbons (Fsp3) is 0.333. The Bertz CT molecular complexity index is 43.3. The first-order valence-corrected chi connectivity index (χ1v) is 1.10. The molecule has 0 aromatic carbocycles.